The predicted octanol–water partition coefficient (Wildman–Crippen LogP) is 3.45. The zero-order chi connectivity index (χ0) is 22.1. The molecule has 0 aliphatic carbocycles. The summed E-state index contributed by atoms with van der Waals surface area (Å²) in [6.45, 7) is -0.442. The molecule has 5 rings (SSSR count). The Labute approximate surface area is 181 Å². The van der Waals surface area contributed by atoms with Gasteiger partial charge in [0.1, 0.15) is 11.6 Å². The molecule has 1 amide bonds. The minimum atomic E-state index is -2.92. The SMILES string of the molecule is O=C(Nc1cc2cc(-c3cnc4n3CCNC4)ccc2nn1)c1ccc(OC(F)F)cc1. The summed E-state index contributed by atoms with van der Waals surface area (Å²) in [7, 11) is 0. The summed E-state index contributed by atoms with van der Waals surface area (Å²) in [5.74, 6) is 0.826. The molecule has 162 valence electrons. The van der Waals surface area contributed by atoms with Crippen molar-refractivity contribution in [1.29, 1.82) is 0 Å². The molecule has 3 heterocycles. The second-order valence-electron chi connectivity index (χ2n) is 7.25. The van der Waals surface area contributed by atoms with E-state index in [-0.39, 0.29) is 17.1 Å². The average Bonchev–Trinajstić information content (AvgIpc) is 3.23. The quantitative estimate of drug-likeness (QED) is 0.498. The Morgan fingerprint density at radius 2 is 1.97 bits per heavy atom. The van der Waals surface area contributed by atoms with E-state index in [2.05, 4.69) is 35.1 Å². The highest BCUT2D eigenvalue weighted by Crippen LogP contribution is 2.26. The number of anilines is 1. The molecule has 2 N–H and O–H groups in total. The molecule has 0 fully saturated rings. The highest BCUT2D eigenvalue weighted by atomic mass is 19.3. The molecule has 0 radical (unpaired) electrons. The van der Waals surface area contributed by atoms with Crippen LogP contribution in [-0.4, -0.2) is 38.8 Å². The lowest BCUT2D eigenvalue weighted by atomic mass is 10.1. The van der Waals surface area contributed by atoms with Gasteiger partial charge < -0.3 is 19.9 Å². The third-order valence-corrected chi connectivity index (χ3v) is 5.20. The van der Waals surface area contributed by atoms with Crippen molar-refractivity contribution in [3.05, 3.63) is 66.1 Å². The first kappa shape index (κ1) is 20.0. The van der Waals surface area contributed by atoms with Gasteiger partial charge in [-0.3, -0.25) is 4.79 Å². The number of alkyl halides is 2. The summed E-state index contributed by atoms with van der Waals surface area (Å²) in [5, 5.41) is 15.1. The van der Waals surface area contributed by atoms with Crippen LogP contribution in [0.15, 0.2) is 54.7 Å². The molecular weight excluding hydrogens is 418 g/mol. The predicted molar refractivity (Wildman–Crippen MR) is 113 cm³/mol. The van der Waals surface area contributed by atoms with Crippen LogP contribution < -0.4 is 15.4 Å². The summed E-state index contributed by atoms with van der Waals surface area (Å²) in [5.41, 5.74) is 3.00. The molecule has 8 nitrogen and oxygen atoms in total. The van der Waals surface area contributed by atoms with E-state index in [9.17, 15) is 13.6 Å². The van der Waals surface area contributed by atoms with Crippen LogP contribution in [0.5, 0.6) is 5.75 Å². The van der Waals surface area contributed by atoms with Gasteiger partial charge in [-0.25, -0.2) is 4.98 Å². The summed E-state index contributed by atoms with van der Waals surface area (Å²) in [6, 6.07) is 13.0. The van der Waals surface area contributed by atoms with E-state index in [1.54, 1.807) is 6.07 Å². The molecule has 0 bridgehead atoms. The number of rotatable bonds is 5. The van der Waals surface area contributed by atoms with E-state index >= 15 is 0 Å². The zero-order valence-corrected chi connectivity index (χ0v) is 16.8. The monoisotopic (exact) mass is 436 g/mol. The first-order valence-corrected chi connectivity index (χ1v) is 9.96. The van der Waals surface area contributed by atoms with Crippen LogP contribution in [0.2, 0.25) is 0 Å². The number of amides is 1. The molecule has 2 aromatic carbocycles. The van der Waals surface area contributed by atoms with E-state index in [1.807, 2.05) is 24.4 Å². The Kier molecular flexibility index (Phi) is 5.20. The van der Waals surface area contributed by atoms with Gasteiger partial charge in [0.25, 0.3) is 5.91 Å². The van der Waals surface area contributed by atoms with Crippen LogP contribution in [0.25, 0.3) is 22.2 Å². The first-order valence-electron chi connectivity index (χ1n) is 9.96. The first-order chi connectivity index (χ1) is 15.6. The summed E-state index contributed by atoms with van der Waals surface area (Å²) in [6.07, 6.45) is 1.86. The summed E-state index contributed by atoms with van der Waals surface area (Å²) >= 11 is 0. The number of fused-ring (bicyclic) bond motifs is 2. The van der Waals surface area contributed by atoms with E-state index < -0.39 is 12.5 Å². The maximum absolute atomic E-state index is 12.5. The second kappa shape index (κ2) is 8.31. The van der Waals surface area contributed by atoms with Crippen LogP contribution in [0.4, 0.5) is 14.6 Å². The number of carbonyl (C=O) groups is 1. The number of hydrogen-bond donors (Lipinski definition) is 2. The van der Waals surface area contributed by atoms with Crippen LogP contribution in [0.3, 0.4) is 0 Å². The lowest BCUT2D eigenvalue weighted by Crippen LogP contribution is -2.28. The Hall–Kier alpha value is -3.92. The highest BCUT2D eigenvalue weighted by molar-refractivity contribution is 6.04. The molecule has 1 aliphatic heterocycles. The van der Waals surface area contributed by atoms with Crippen molar-refractivity contribution in [3.63, 3.8) is 0 Å². The normalized spacial score (nSPS) is 13.2. The van der Waals surface area contributed by atoms with Gasteiger partial charge in [0.2, 0.25) is 0 Å². The number of benzene rings is 2. The molecule has 0 spiro atoms. The number of ether oxygens (including phenoxy) is 1. The Bertz CT molecular complexity index is 1290. The topological polar surface area (TPSA) is 94.0 Å². The van der Waals surface area contributed by atoms with Gasteiger partial charge in [0, 0.05) is 29.6 Å². The maximum atomic E-state index is 12.5. The average molecular weight is 436 g/mol. The number of halogens is 2. The molecule has 32 heavy (non-hydrogen) atoms. The van der Waals surface area contributed by atoms with Gasteiger partial charge in [-0.15, -0.1) is 10.2 Å². The standard InChI is InChI=1S/C22H18F2N6O2/c23-22(24)32-16-4-1-13(2-5-16)21(31)27-19-10-15-9-14(3-6-17(15)28-29-19)18-11-26-20-12-25-7-8-30(18)20/h1-6,9-11,22,25H,7-8,12H2,(H,27,29,31). The van der Waals surface area contributed by atoms with E-state index in [1.165, 1.54) is 24.3 Å². The van der Waals surface area contributed by atoms with E-state index in [0.717, 1.165) is 42.1 Å². The molecule has 1 aliphatic rings. The largest absolute Gasteiger partial charge is 0.435 e. The van der Waals surface area contributed by atoms with Gasteiger partial charge in [-0.1, -0.05) is 6.07 Å². The van der Waals surface area contributed by atoms with Crippen molar-refractivity contribution in [3.8, 4) is 17.0 Å². The number of nitrogens with zero attached hydrogens (tertiary/aromatic N) is 4. The van der Waals surface area contributed by atoms with Crippen molar-refractivity contribution in [2.24, 2.45) is 0 Å². The third kappa shape index (κ3) is 4.00. The number of carbonyl (C=O) groups excluding carboxylic acids is 1. The van der Waals surface area contributed by atoms with Crippen molar-refractivity contribution >= 4 is 22.6 Å². The molecule has 10 heteroatoms. The molecule has 2 aromatic heterocycles. The van der Waals surface area contributed by atoms with Crippen molar-refractivity contribution < 1.29 is 18.3 Å². The van der Waals surface area contributed by atoms with Crippen LogP contribution >= 0.6 is 0 Å². The fourth-order valence-electron chi connectivity index (χ4n) is 3.67. The van der Waals surface area contributed by atoms with Crippen molar-refractivity contribution in [2.75, 3.05) is 11.9 Å². The maximum Gasteiger partial charge on any atom is 0.387 e. The van der Waals surface area contributed by atoms with Gasteiger partial charge in [0.15, 0.2) is 5.82 Å². The number of hydrogen-bond acceptors (Lipinski definition) is 6. The van der Waals surface area contributed by atoms with Crippen LogP contribution in [0, 0.1) is 0 Å². The third-order valence-electron chi connectivity index (χ3n) is 5.20. The molecule has 0 unspecified atom stereocenters. The zero-order valence-electron chi connectivity index (χ0n) is 16.8. The summed E-state index contributed by atoms with van der Waals surface area (Å²) in [4.78, 5) is 17.0. The molecule has 4 aromatic rings. The van der Waals surface area contributed by atoms with Gasteiger partial charge in [-0.2, -0.15) is 8.78 Å². The molecule has 0 saturated heterocycles. The van der Waals surface area contributed by atoms with Gasteiger partial charge in [-0.05, 0) is 42.5 Å². The Morgan fingerprint density at radius 1 is 1.12 bits per heavy atom. The minimum absolute atomic E-state index is 0.0209. The van der Waals surface area contributed by atoms with Crippen LogP contribution in [-0.2, 0) is 13.1 Å². The molecular formula is C22H18F2N6O2. The van der Waals surface area contributed by atoms with Crippen molar-refractivity contribution in [1.82, 2.24) is 25.1 Å². The number of nitrogens with one attached hydrogen (secondary N) is 2. The Balaban J connectivity index is 1.38. The van der Waals surface area contributed by atoms with Crippen molar-refractivity contribution in [2.45, 2.75) is 19.7 Å². The van der Waals surface area contributed by atoms with E-state index in [0.29, 0.717) is 5.52 Å². The van der Waals surface area contributed by atoms with Crippen LogP contribution in [0.1, 0.15) is 16.2 Å². The molecule has 0 saturated carbocycles. The Morgan fingerprint density at radius 3 is 2.78 bits per heavy atom. The lowest BCUT2D eigenvalue weighted by molar-refractivity contribution is -0.0498. The fourth-order valence-corrected chi connectivity index (χ4v) is 3.67. The smallest absolute Gasteiger partial charge is 0.387 e. The lowest BCUT2D eigenvalue weighted by Gasteiger charge is -2.17. The van der Waals surface area contributed by atoms with Gasteiger partial charge >= 0.3 is 6.61 Å². The minimum Gasteiger partial charge on any atom is -0.435 e. The fraction of sp³-hybridized carbons (Fsp3) is 0.182. The number of imidazole rings is 1. The van der Waals surface area contributed by atoms with E-state index in [4.69, 9.17) is 0 Å². The van der Waals surface area contributed by atoms with Gasteiger partial charge in [0.05, 0.1) is 24.0 Å². The second-order valence-corrected chi connectivity index (χ2v) is 7.25. The number of aromatic nitrogens is 4. The molecule has 0 atom stereocenters. The summed E-state index contributed by atoms with van der Waals surface area (Å²) < 4.78 is 31.0. The highest BCUT2D eigenvalue weighted by Gasteiger charge is 2.16.